The smallest absolute Gasteiger partial charge is 0.432 e. The molecule has 2 aliphatic heterocycles. The number of nitrogens with zero attached hydrogens (tertiary/aromatic N) is 1. The molecule has 1 spiro atoms. The Bertz CT molecular complexity index is 1660. The van der Waals surface area contributed by atoms with Gasteiger partial charge in [0.1, 0.15) is 17.2 Å². The lowest BCUT2D eigenvalue weighted by Gasteiger charge is -2.55. The first-order valence-corrected chi connectivity index (χ1v) is 15.6. The van der Waals surface area contributed by atoms with Gasteiger partial charge in [-0.15, -0.1) is 0 Å². The summed E-state index contributed by atoms with van der Waals surface area (Å²) in [5.41, 5.74) is -8.19. The van der Waals surface area contributed by atoms with Gasteiger partial charge in [0, 0.05) is 31.9 Å². The van der Waals surface area contributed by atoms with Gasteiger partial charge in [-0.1, -0.05) is 30.3 Å². The van der Waals surface area contributed by atoms with E-state index in [0.717, 1.165) is 17.0 Å². The highest BCUT2D eigenvalue weighted by atomic mass is 19.4. The summed E-state index contributed by atoms with van der Waals surface area (Å²) >= 11 is 0. The fraction of sp³-hybridized carbons (Fsp3) is 0.500. The van der Waals surface area contributed by atoms with Crippen molar-refractivity contribution < 1.29 is 65.6 Å². The Morgan fingerprint density at radius 1 is 0.939 bits per heavy atom. The molecule has 0 N–H and O–H groups in total. The van der Waals surface area contributed by atoms with Crippen LogP contribution in [0.2, 0.25) is 0 Å². The minimum Gasteiger partial charge on any atom is -0.493 e. The fourth-order valence-electron chi connectivity index (χ4n) is 7.72. The van der Waals surface area contributed by atoms with Crippen molar-refractivity contribution in [2.45, 2.75) is 69.0 Å². The molecule has 1 saturated heterocycles. The van der Waals surface area contributed by atoms with Crippen LogP contribution in [-0.2, 0) is 60.5 Å². The zero-order valence-corrected chi connectivity index (χ0v) is 27.5. The molecule has 2 aromatic carbocycles. The molecule has 49 heavy (non-hydrogen) atoms. The van der Waals surface area contributed by atoms with Crippen molar-refractivity contribution in [1.82, 2.24) is 4.90 Å². The lowest BCUT2D eigenvalue weighted by Crippen LogP contribution is -2.66. The number of methoxy groups -OCH3 is 3. The maximum absolute atomic E-state index is 15.0. The molecule has 0 unspecified atom stereocenters. The number of halogens is 3. The number of rotatable bonds is 10. The summed E-state index contributed by atoms with van der Waals surface area (Å²) in [5, 5.41) is 0. The molecule has 15 heteroatoms. The predicted octanol–water partition coefficient (Wildman–Crippen LogP) is 3.55. The van der Waals surface area contributed by atoms with Crippen molar-refractivity contribution in [1.29, 1.82) is 0 Å². The highest BCUT2D eigenvalue weighted by Gasteiger charge is 2.80. The third-order valence-electron chi connectivity index (χ3n) is 9.68. The molecular weight excluding hydrogens is 655 g/mol. The molecule has 0 bridgehead atoms. The molecule has 0 aromatic heterocycles. The van der Waals surface area contributed by atoms with Crippen LogP contribution in [0.3, 0.4) is 0 Å². The number of amides is 1. The highest BCUT2D eigenvalue weighted by Crippen LogP contribution is 2.65. The van der Waals surface area contributed by atoms with Crippen molar-refractivity contribution in [2.75, 3.05) is 34.5 Å². The topological polar surface area (TPSA) is 144 Å². The number of hydrogen-bond donors (Lipinski definition) is 0. The van der Waals surface area contributed by atoms with E-state index in [9.17, 15) is 37.1 Å². The molecule has 2 aromatic rings. The van der Waals surface area contributed by atoms with Crippen molar-refractivity contribution in [3.8, 4) is 11.5 Å². The summed E-state index contributed by atoms with van der Waals surface area (Å²) in [6.07, 6.45) is -9.24. The Kier molecular flexibility index (Phi) is 9.45. The summed E-state index contributed by atoms with van der Waals surface area (Å²) < 4.78 is 77.3. The van der Waals surface area contributed by atoms with Crippen LogP contribution in [0.25, 0.3) is 0 Å². The van der Waals surface area contributed by atoms with Crippen molar-refractivity contribution in [3.63, 3.8) is 0 Å². The third-order valence-corrected chi connectivity index (χ3v) is 9.68. The number of carbonyl (C=O) groups excluding carboxylic acids is 5. The van der Waals surface area contributed by atoms with E-state index in [2.05, 4.69) is 0 Å². The van der Waals surface area contributed by atoms with Gasteiger partial charge in [0.25, 0.3) is 11.5 Å². The number of alkyl halides is 3. The Hall–Kier alpha value is -4.66. The van der Waals surface area contributed by atoms with Crippen molar-refractivity contribution >= 4 is 29.6 Å². The van der Waals surface area contributed by atoms with Gasteiger partial charge in [0.05, 0.1) is 33.0 Å². The second kappa shape index (κ2) is 13.0. The average Bonchev–Trinajstić information content (AvgIpc) is 3.29. The van der Waals surface area contributed by atoms with Crippen LogP contribution in [0.5, 0.6) is 11.5 Å². The number of ether oxygens (including phenoxy) is 6. The molecule has 0 radical (unpaired) electrons. The fourth-order valence-corrected chi connectivity index (χ4v) is 7.72. The van der Waals surface area contributed by atoms with Gasteiger partial charge in [-0.3, -0.25) is 14.4 Å². The summed E-state index contributed by atoms with van der Waals surface area (Å²) in [6, 6.07) is 7.51. The normalized spacial score (nSPS) is 25.7. The molecule has 1 aliphatic carbocycles. The van der Waals surface area contributed by atoms with Crippen LogP contribution in [0.4, 0.5) is 13.2 Å². The number of Topliss-reactive ketones (excluding diaryl/α,β-unsaturated/α-hetero) is 1. The molecule has 3 aliphatic rings. The molecule has 1 amide bonds. The summed E-state index contributed by atoms with van der Waals surface area (Å²) in [7, 11) is 3.38. The van der Waals surface area contributed by atoms with Gasteiger partial charge < -0.3 is 33.3 Å². The standard InChI is InChI=1S/C34H36F3NO11/c1-6-47-28(41)23-15-19-16-24(44-3)25(45-4)17-22(19)32-14-13-21(39)18-31(32,29(42)48-7-2)26(27(40)38(23)32)49-30(43)33(46-5,34(35,36)37)20-11-9-8-10-12-20/h8-12,16-17,23,26H,6-7,13-15,18H2,1-5H3/t23-,26+,31-,32+,33-/m0/s1. The quantitative estimate of drug-likeness (QED) is 0.267. The Balaban J connectivity index is 1.84. The first-order chi connectivity index (χ1) is 23.2. The van der Waals surface area contributed by atoms with Crippen LogP contribution < -0.4 is 9.47 Å². The number of esters is 3. The second-order valence-corrected chi connectivity index (χ2v) is 11.8. The van der Waals surface area contributed by atoms with Crippen LogP contribution in [-0.4, -0.2) is 87.4 Å². The maximum Gasteiger partial charge on any atom is 0.432 e. The molecule has 2 fully saturated rings. The van der Waals surface area contributed by atoms with E-state index in [0.29, 0.717) is 12.7 Å². The Morgan fingerprint density at radius 2 is 1.57 bits per heavy atom. The average molecular weight is 692 g/mol. The second-order valence-electron chi connectivity index (χ2n) is 11.8. The van der Waals surface area contributed by atoms with E-state index in [1.165, 1.54) is 45.4 Å². The molecule has 5 rings (SSSR count). The van der Waals surface area contributed by atoms with Gasteiger partial charge in [0.15, 0.2) is 17.6 Å². The number of fused-ring (bicyclic) bond motifs is 1. The molecule has 5 atom stereocenters. The Labute approximate surface area is 279 Å². The van der Waals surface area contributed by atoms with E-state index < -0.39 is 76.5 Å². The van der Waals surface area contributed by atoms with Crippen LogP contribution >= 0.6 is 0 Å². The first-order valence-electron chi connectivity index (χ1n) is 15.6. The van der Waals surface area contributed by atoms with Gasteiger partial charge >= 0.3 is 24.1 Å². The molecule has 1 saturated carbocycles. The minimum absolute atomic E-state index is 0.0951. The number of hydrogen-bond acceptors (Lipinski definition) is 11. The maximum atomic E-state index is 15.0. The van der Waals surface area contributed by atoms with Gasteiger partial charge in [0.2, 0.25) is 0 Å². The molecule has 2 heterocycles. The van der Waals surface area contributed by atoms with Crippen molar-refractivity contribution in [2.24, 2.45) is 5.41 Å². The summed E-state index contributed by atoms with van der Waals surface area (Å²) in [4.78, 5) is 71.4. The monoisotopic (exact) mass is 691 g/mol. The Morgan fingerprint density at radius 3 is 2.14 bits per heavy atom. The lowest BCUT2D eigenvalue weighted by molar-refractivity contribution is -0.279. The number of benzene rings is 2. The molecule has 12 nitrogen and oxygen atoms in total. The SMILES string of the molecule is CCOC(=O)[C@@H]1Cc2cc(OC)c(OC)cc2[C@]23CCC(=O)C[C@@]2(C(=O)OCC)[C@H](OC(=O)[C@@](OC)(c2ccccc2)C(F)(F)F)C(=O)N13. The van der Waals surface area contributed by atoms with E-state index in [-0.39, 0.29) is 49.5 Å². The van der Waals surface area contributed by atoms with E-state index >= 15 is 0 Å². The largest absolute Gasteiger partial charge is 0.493 e. The molecule has 264 valence electrons. The van der Waals surface area contributed by atoms with Gasteiger partial charge in [-0.05, 0) is 43.5 Å². The van der Waals surface area contributed by atoms with Gasteiger partial charge in [-0.25, -0.2) is 9.59 Å². The van der Waals surface area contributed by atoms with Crippen molar-refractivity contribution in [3.05, 3.63) is 59.2 Å². The van der Waals surface area contributed by atoms with Crippen LogP contribution in [0.15, 0.2) is 42.5 Å². The molecular formula is C34H36F3NO11. The highest BCUT2D eigenvalue weighted by molar-refractivity contribution is 6.04. The number of ketones is 1. The van der Waals surface area contributed by atoms with E-state index in [1.807, 2.05) is 0 Å². The lowest BCUT2D eigenvalue weighted by atomic mass is 9.55. The summed E-state index contributed by atoms with van der Waals surface area (Å²) in [5.74, 6) is -5.47. The summed E-state index contributed by atoms with van der Waals surface area (Å²) in [6.45, 7) is 2.64. The van der Waals surface area contributed by atoms with Crippen LogP contribution in [0.1, 0.15) is 49.8 Å². The van der Waals surface area contributed by atoms with E-state index in [1.54, 1.807) is 13.0 Å². The zero-order valence-electron chi connectivity index (χ0n) is 27.5. The number of carbonyl (C=O) groups is 5. The van der Waals surface area contributed by atoms with Crippen LogP contribution in [0, 0.1) is 5.41 Å². The minimum atomic E-state index is -5.43. The van der Waals surface area contributed by atoms with E-state index in [4.69, 9.17) is 28.4 Å². The van der Waals surface area contributed by atoms with Gasteiger partial charge in [-0.2, -0.15) is 13.2 Å². The third kappa shape index (κ3) is 5.03. The first kappa shape index (κ1) is 35.6. The predicted molar refractivity (Wildman–Crippen MR) is 161 cm³/mol. The zero-order chi connectivity index (χ0) is 35.9.